The molecule has 2 aliphatic rings. The Bertz CT molecular complexity index is 760. The monoisotopic (exact) mass is 384 g/mol. The molecule has 1 heterocycles. The van der Waals surface area contributed by atoms with Gasteiger partial charge in [-0.2, -0.15) is 0 Å². The first-order chi connectivity index (χ1) is 13.2. The van der Waals surface area contributed by atoms with Crippen LogP contribution in [-0.2, 0) is 9.53 Å². The Labute approximate surface area is 165 Å². The second-order valence-electron chi connectivity index (χ2n) is 7.28. The van der Waals surface area contributed by atoms with Crippen LogP contribution in [0.3, 0.4) is 0 Å². The van der Waals surface area contributed by atoms with Crippen LogP contribution in [0.2, 0.25) is 5.02 Å². The van der Waals surface area contributed by atoms with Gasteiger partial charge in [0.2, 0.25) is 5.91 Å². The van der Waals surface area contributed by atoms with Crippen LogP contribution in [0.25, 0.3) is 0 Å². The van der Waals surface area contributed by atoms with E-state index in [-0.39, 0.29) is 11.8 Å². The van der Waals surface area contributed by atoms with Gasteiger partial charge >= 0.3 is 0 Å². The highest BCUT2D eigenvalue weighted by Crippen LogP contribution is 2.49. The standard InChI is InChI=1S/C22H25ClN2O2/c23-18-8-6-17(7-9-18)20-16-21(20)22(26)25(19-4-2-1-3-5-19)11-10-24-12-14-27-15-13-24/h1-9,20-21H,10-16H2/t20-,21?/m0/s1. The molecule has 1 unspecified atom stereocenters. The Kier molecular flexibility index (Phi) is 5.77. The quantitative estimate of drug-likeness (QED) is 0.759. The number of amides is 1. The summed E-state index contributed by atoms with van der Waals surface area (Å²) >= 11 is 5.99. The molecule has 2 aromatic rings. The molecule has 4 rings (SSSR count). The molecule has 1 saturated carbocycles. The lowest BCUT2D eigenvalue weighted by Gasteiger charge is -2.30. The van der Waals surface area contributed by atoms with E-state index >= 15 is 0 Å². The minimum atomic E-state index is 0.0658. The van der Waals surface area contributed by atoms with E-state index in [0.29, 0.717) is 12.5 Å². The Balaban J connectivity index is 1.45. The fourth-order valence-electron chi connectivity index (χ4n) is 3.79. The van der Waals surface area contributed by atoms with Crippen LogP contribution in [0.15, 0.2) is 54.6 Å². The van der Waals surface area contributed by atoms with Crippen molar-refractivity contribution >= 4 is 23.2 Å². The van der Waals surface area contributed by atoms with Gasteiger partial charge in [-0.05, 0) is 42.2 Å². The summed E-state index contributed by atoms with van der Waals surface area (Å²) in [4.78, 5) is 17.6. The van der Waals surface area contributed by atoms with Gasteiger partial charge in [-0.3, -0.25) is 9.69 Å². The Morgan fingerprint density at radius 2 is 1.78 bits per heavy atom. The summed E-state index contributed by atoms with van der Waals surface area (Å²) in [5.41, 5.74) is 2.19. The summed E-state index contributed by atoms with van der Waals surface area (Å²) in [5, 5.41) is 0.735. The van der Waals surface area contributed by atoms with Gasteiger partial charge in [-0.15, -0.1) is 0 Å². The largest absolute Gasteiger partial charge is 0.379 e. The topological polar surface area (TPSA) is 32.8 Å². The molecule has 0 bridgehead atoms. The number of hydrogen-bond donors (Lipinski definition) is 0. The highest BCUT2D eigenvalue weighted by Gasteiger charge is 2.46. The molecular weight excluding hydrogens is 360 g/mol. The number of para-hydroxylation sites is 1. The van der Waals surface area contributed by atoms with Gasteiger partial charge in [-0.25, -0.2) is 0 Å². The first kappa shape index (κ1) is 18.5. The van der Waals surface area contributed by atoms with Crippen molar-refractivity contribution in [1.29, 1.82) is 0 Å². The molecule has 5 heteroatoms. The van der Waals surface area contributed by atoms with Crippen molar-refractivity contribution in [2.45, 2.75) is 12.3 Å². The van der Waals surface area contributed by atoms with Gasteiger partial charge in [0.15, 0.2) is 0 Å². The maximum Gasteiger partial charge on any atom is 0.230 e. The van der Waals surface area contributed by atoms with Crippen molar-refractivity contribution in [3.63, 3.8) is 0 Å². The van der Waals surface area contributed by atoms with Crippen molar-refractivity contribution in [1.82, 2.24) is 4.90 Å². The summed E-state index contributed by atoms with van der Waals surface area (Å²) in [6.07, 6.45) is 0.918. The molecule has 1 aliphatic carbocycles. The molecule has 0 radical (unpaired) electrons. The fraction of sp³-hybridized carbons (Fsp3) is 0.409. The van der Waals surface area contributed by atoms with Crippen LogP contribution in [0, 0.1) is 5.92 Å². The molecule has 0 spiro atoms. The summed E-state index contributed by atoms with van der Waals surface area (Å²) in [5.74, 6) is 0.606. The molecule has 2 atom stereocenters. The van der Waals surface area contributed by atoms with Crippen molar-refractivity contribution < 1.29 is 9.53 Å². The number of nitrogens with zero attached hydrogens (tertiary/aromatic N) is 2. The summed E-state index contributed by atoms with van der Waals surface area (Å²) < 4.78 is 5.43. The third kappa shape index (κ3) is 4.52. The van der Waals surface area contributed by atoms with E-state index in [0.717, 1.165) is 50.0 Å². The molecular formula is C22H25ClN2O2. The maximum atomic E-state index is 13.3. The lowest BCUT2D eigenvalue weighted by Crippen LogP contribution is -2.43. The van der Waals surface area contributed by atoms with Gasteiger partial charge in [0.1, 0.15) is 0 Å². The van der Waals surface area contributed by atoms with Crippen LogP contribution in [0.1, 0.15) is 17.9 Å². The first-order valence-corrected chi connectivity index (χ1v) is 10.0. The maximum absolute atomic E-state index is 13.3. The SMILES string of the molecule is O=C(C1C[C@H]1c1ccc(Cl)cc1)N(CCN1CCOCC1)c1ccccc1. The molecule has 2 fully saturated rings. The van der Waals surface area contributed by atoms with Crippen LogP contribution in [-0.4, -0.2) is 50.2 Å². The smallest absolute Gasteiger partial charge is 0.230 e. The van der Waals surface area contributed by atoms with Gasteiger partial charge in [0.25, 0.3) is 0 Å². The van der Waals surface area contributed by atoms with Gasteiger partial charge < -0.3 is 9.64 Å². The Morgan fingerprint density at radius 1 is 1.07 bits per heavy atom. The van der Waals surface area contributed by atoms with Crippen LogP contribution in [0.5, 0.6) is 0 Å². The number of morpholine rings is 1. The number of ether oxygens (including phenoxy) is 1. The molecule has 4 nitrogen and oxygen atoms in total. The normalized spacial score (nSPS) is 22.4. The minimum absolute atomic E-state index is 0.0658. The lowest BCUT2D eigenvalue weighted by molar-refractivity contribution is -0.120. The second kappa shape index (κ2) is 8.42. The second-order valence-corrected chi connectivity index (χ2v) is 7.72. The van der Waals surface area contributed by atoms with Gasteiger partial charge in [0.05, 0.1) is 13.2 Å². The number of rotatable bonds is 6. The average Bonchev–Trinajstić information content (AvgIpc) is 3.51. The molecule has 0 aromatic heterocycles. The van der Waals surface area contributed by atoms with Crippen LogP contribution in [0.4, 0.5) is 5.69 Å². The third-order valence-electron chi connectivity index (χ3n) is 5.48. The third-order valence-corrected chi connectivity index (χ3v) is 5.74. The molecule has 1 amide bonds. The lowest BCUT2D eigenvalue weighted by atomic mass is 10.1. The highest BCUT2D eigenvalue weighted by atomic mass is 35.5. The van der Waals surface area contributed by atoms with Crippen LogP contribution >= 0.6 is 11.6 Å². The first-order valence-electron chi connectivity index (χ1n) is 9.64. The number of benzene rings is 2. The Morgan fingerprint density at radius 3 is 2.48 bits per heavy atom. The average molecular weight is 385 g/mol. The van der Waals surface area contributed by atoms with Gasteiger partial charge in [0, 0.05) is 42.8 Å². The van der Waals surface area contributed by atoms with E-state index in [1.807, 2.05) is 59.5 Å². The van der Waals surface area contributed by atoms with E-state index in [1.165, 1.54) is 5.56 Å². The van der Waals surface area contributed by atoms with Crippen molar-refractivity contribution in [2.75, 3.05) is 44.3 Å². The number of anilines is 1. The molecule has 142 valence electrons. The van der Waals surface area contributed by atoms with Crippen LogP contribution < -0.4 is 4.90 Å². The highest BCUT2D eigenvalue weighted by molar-refractivity contribution is 6.30. The summed E-state index contributed by atoms with van der Waals surface area (Å²) in [6.45, 7) is 5.03. The molecule has 1 saturated heterocycles. The molecule has 27 heavy (non-hydrogen) atoms. The minimum Gasteiger partial charge on any atom is -0.379 e. The van der Waals surface area contributed by atoms with Crippen molar-refractivity contribution in [3.05, 3.63) is 65.2 Å². The number of carbonyl (C=O) groups excluding carboxylic acids is 1. The predicted molar refractivity (Wildman–Crippen MR) is 108 cm³/mol. The molecule has 1 aliphatic heterocycles. The number of carbonyl (C=O) groups is 1. The number of halogens is 1. The van der Waals surface area contributed by atoms with E-state index in [1.54, 1.807) is 0 Å². The summed E-state index contributed by atoms with van der Waals surface area (Å²) in [6, 6.07) is 17.9. The Hall–Kier alpha value is -1.88. The van der Waals surface area contributed by atoms with E-state index in [4.69, 9.17) is 16.3 Å². The van der Waals surface area contributed by atoms with E-state index < -0.39 is 0 Å². The summed E-state index contributed by atoms with van der Waals surface area (Å²) in [7, 11) is 0. The zero-order valence-corrected chi connectivity index (χ0v) is 16.1. The van der Waals surface area contributed by atoms with E-state index in [9.17, 15) is 4.79 Å². The molecule has 0 N–H and O–H groups in total. The predicted octanol–water partition coefficient (Wildman–Crippen LogP) is 3.81. The molecule has 2 aromatic carbocycles. The van der Waals surface area contributed by atoms with Crippen molar-refractivity contribution in [3.8, 4) is 0 Å². The number of hydrogen-bond acceptors (Lipinski definition) is 3. The van der Waals surface area contributed by atoms with Gasteiger partial charge in [-0.1, -0.05) is 41.9 Å². The fourth-order valence-corrected chi connectivity index (χ4v) is 3.91. The van der Waals surface area contributed by atoms with E-state index in [2.05, 4.69) is 4.90 Å². The van der Waals surface area contributed by atoms with Crippen molar-refractivity contribution in [2.24, 2.45) is 5.92 Å². The zero-order chi connectivity index (χ0) is 18.6. The zero-order valence-electron chi connectivity index (χ0n) is 15.4.